The predicted molar refractivity (Wildman–Crippen MR) is 117 cm³/mol. The van der Waals surface area contributed by atoms with Crippen molar-refractivity contribution in [2.45, 2.75) is 18.5 Å². The molecule has 3 N–H and O–H groups in total. The molecule has 0 radical (unpaired) electrons. The lowest BCUT2D eigenvalue weighted by Gasteiger charge is -2.33. The molecule has 0 amide bonds. The second kappa shape index (κ2) is 8.27. The van der Waals surface area contributed by atoms with Gasteiger partial charge in [0.2, 0.25) is 0 Å². The molecule has 27 heavy (non-hydrogen) atoms. The van der Waals surface area contributed by atoms with Crippen LogP contribution in [0.25, 0.3) is 20.9 Å². The highest BCUT2D eigenvalue weighted by Crippen LogP contribution is 2.42. The largest absolute Gasteiger partial charge is 0.394 e. The summed E-state index contributed by atoms with van der Waals surface area (Å²) in [5.74, 6) is 0. The van der Waals surface area contributed by atoms with Crippen LogP contribution in [-0.4, -0.2) is 29.0 Å². The van der Waals surface area contributed by atoms with Gasteiger partial charge in [-0.1, -0.05) is 36.4 Å². The molecule has 0 fully saturated rings. The van der Waals surface area contributed by atoms with Gasteiger partial charge >= 0.3 is 0 Å². The van der Waals surface area contributed by atoms with Crippen molar-refractivity contribution in [2.24, 2.45) is 0 Å². The van der Waals surface area contributed by atoms with Gasteiger partial charge in [-0.2, -0.15) is 0 Å². The van der Waals surface area contributed by atoms with Crippen LogP contribution in [0.1, 0.15) is 24.1 Å². The van der Waals surface area contributed by atoms with Gasteiger partial charge in [-0.3, -0.25) is 5.32 Å². The van der Waals surface area contributed by atoms with Crippen molar-refractivity contribution in [3.8, 4) is 20.9 Å². The number of fused-ring (bicyclic) bond motifs is 2. The van der Waals surface area contributed by atoms with Crippen molar-refractivity contribution in [1.82, 2.24) is 5.32 Å². The zero-order chi connectivity index (χ0) is 18.1. The van der Waals surface area contributed by atoms with E-state index in [1.54, 1.807) is 22.7 Å². The van der Waals surface area contributed by atoms with Gasteiger partial charge < -0.3 is 10.2 Å². The summed E-state index contributed by atoms with van der Waals surface area (Å²) < 4.78 is 0. The van der Waals surface area contributed by atoms with E-state index in [2.05, 4.69) is 64.6 Å². The Morgan fingerprint density at radius 3 is 1.78 bits per heavy atom. The maximum atomic E-state index is 9.84. The average molecular weight is 420 g/mol. The molecule has 0 saturated carbocycles. The van der Waals surface area contributed by atoms with Crippen molar-refractivity contribution in [3.05, 3.63) is 70.4 Å². The summed E-state index contributed by atoms with van der Waals surface area (Å²) in [7, 11) is 0. The molecule has 6 heteroatoms. The van der Waals surface area contributed by atoms with Crippen LogP contribution in [0.4, 0.5) is 0 Å². The predicted octanol–water partition coefficient (Wildman–Crippen LogP) is 4.86. The number of halogens is 1. The van der Waals surface area contributed by atoms with Crippen LogP contribution in [0.2, 0.25) is 0 Å². The molecular formula is C21H22ClNO2S2. The van der Waals surface area contributed by atoms with E-state index in [1.807, 2.05) is 6.92 Å². The first-order valence-corrected chi connectivity index (χ1v) is 10.3. The van der Waals surface area contributed by atoms with Gasteiger partial charge in [0.15, 0.2) is 0 Å². The third-order valence-corrected chi connectivity index (χ3v) is 6.67. The van der Waals surface area contributed by atoms with E-state index in [0.29, 0.717) is 0 Å². The van der Waals surface area contributed by atoms with E-state index in [0.717, 1.165) is 0 Å². The lowest BCUT2D eigenvalue weighted by molar-refractivity contribution is 0.0980. The van der Waals surface area contributed by atoms with Gasteiger partial charge in [0.1, 0.15) is 0 Å². The Balaban J connectivity index is 0.00000210. The van der Waals surface area contributed by atoms with E-state index >= 15 is 0 Å². The van der Waals surface area contributed by atoms with Crippen LogP contribution in [0.5, 0.6) is 0 Å². The van der Waals surface area contributed by atoms with Gasteiger partial charge in [-0.15, -0.1) is 35.1 Å². The van der Waals surface area contributed by atoms with Gasteiger partial charge in [-0.05, 0) is 52.1 Å². The monoisotopic (exact) mass is 419 g/mol. The molecule has 0 aromatic rings. The molecule has 142 valence electrons. The lowest BCUT2D eigenvalue weighted by atomic mass is 9.93. The normalized spacial score (nSPS) is 12.0. The molecule has 0 saturated heterocycles. The third-order valence-electron chi connectivity index (χ3n) is 4.87. The minimum atomic E-state index is -0.770. The Morgan fingerprint density at radius 2 is 1.33 bits per heavy atom. The van der Waals surface area contributed by atoms with Gasteiger partial charge in [-0.25, -0.2) is 0 Å². The van der Waals surface area contributed by atoms with E-state index < -0.39 is 5.54 Å². The summed E-state index contributed by atoms with van der Waals surface area (Å²) in [6, 6.07) is 16.9. The zero-order valence-corrected chi connectivity index (χ0v) is 17.3. The summed E-state index contributed by atoms with van der Waals surface area (Å²) in [5, 5.41) is 27.4. The molecule has 0 spiro atoms. The minimum Gasteiger partial charge on any atom is -0.394 e. The summed E-state index contributed by atoms with van der Waals surface area (Å²) in [4.78, 5) is 2.48. The summed E-state index contributed by atoms with van der Waals surface area (Å²) >= 11 is 3.44. The van der Waals surface area contributed by atoms with Crippen LogP contribution in [0, 0.1) is 0 Å². The van der Waals surface area contributed by atoms with Crippen molar-refractivity contribution >= 4 is 35.1 Å². The van der Waals surface area contributed by atoms with E-state index in [-0.39, 0.29) is 31.7 Å². The lowest BCUT2D eigenvalue weighted by Crippen LogP contribution is -2.50. The molecule has 0 unspecified atom stereocenters. The van der Waals surface area contributed by atoms with Crippen LogP contribution in [-0.2, 0) is 0 Å². The fourth-order valence-electron chi connectivity index (χ4n) is 3.35. The van der Waals surface area contributed by atoms with E-state index in [1.165, 1.54) is 32.0 Å². The van der Waals surface area contributed by atoms with Gasteiger partial charge in [0, 0.05) is 9.75 Å². The molecule has 0 atom stereocenters. The molecule has 0 aromatic heterocycles. The summed E-state index contributed by atoms with van der Waals surface area (Å²) in [6.45, 7) is 1.58. The Labute approximate surface area is 173 Å². The van der Waals surface area contributed by atoms with Crippen molar-refractivity contribution < 1.29 is 10.2 Å². The standard InChI is InChI=1S/C21H21NO2S2.ClH/c1-21(12-23,13-24)22-20(16-6-8-18-14(16)4-2-10-25-18)17-7-9-19-15(17)5-3-11-26-19;/h2-11,20,22-24H,12-13H2,1H3;1H. The molecule has 0 bridgehead atoms. The highest BCUT2D eigenvalue weighted by atomic mass is 35.5. The molecule has 4 rings (SSSR count). The van der Waals surface area contributed by atoms with E-state index in [9.17, 15) is 10.2 Å². The van der Waals surface area contributed by atoms with Crippen molar-refractivity contribution in [3.63, 3.8) is 0 Å². The summed E-state index contributed by atoms with van der Waals surface area (Å²) in [5.41, 5.74) is 4.00. The molecule has 3 nitrogen and oxygen atoms in total. The zero-order valence-electron chi connectivity index (χ0n) is 14.9. The van der Waals surface area contributed by atoms with Crippen LogP contribution < -0.4 is 5.32 Å². The number of nitrogens with one attached hydrogen (secondary N) is 1. The topological polar surface area (TPSA) is 52.5 Å². The number of hydrogen-bond donors (Lipinski definition) is 3. The van der Waals surface area contributed by atoms with Gasteiger partial charge in [0.05, 0.1) is 24.8 Å². The fourth-order valence-corrected chi connectivity index (χ4v) is 4.88. The van der Waals surface area contributed by atoms with Crippen molar-refractivity contribution in [1.29, 1.82) is 0 Å². The maximum Gasteiger partial charge on any atom is 0.0633 e. The number of aliphatic hydroxyl groups excluding tert-OH is 2. The molecule has 2 heterocycles. The first-order valence-electron chi connectivity index (χ1n) is 8.57. The van der Waals surface area contributed by atoms with Crippen LogP contribution >= 0.6 is 35.1 Å². The van der Waals surface area contributed by atoms with Gasteiger partial charge in [0.25, 0.3) is 0 Å². The minimum absolute atomic E-state index is 0. The maximum absolute atomic E-state index is 9.84. The average Bonchev–Trinajstić information content (AvgIpc) is 3.30. The Morgan fingerprint density at radius 1 is 0.852 bits per heavy atom. The molecule has 2 aliphatic heterocycles. The summed E-state index contributed by atoms with van der Waals surface area (Å²) in [6.07, 6.45) is 0. The second-order valence-electron chi connectivity index (χ2n) is 6.81. The Bertz CT molecular complexity index is 879. The van der Waals surface area contributed by atoms with Crippen LogP contribution in [0.3, 0.4) is 0 Å². The Kier molecular flexibility index (Phi) is 6.21. The fraction of sp³-hybridized carbons (Fsp3) is 0.238. The second-order valence-corrected chi connectivity index (χ2v) is 8.71. The smallest absolute Gasteiger partial charge is 0.0633 e. The van der Waals surface area contributed by atoms with Crippen molar-refractivity contribution in [2.75, 3.05) is 13.2 Å². The molecule has 4 aliphatic rings. The van der Waals surface area contributed by atoms with E-state index in [4.69, 9.17) is 0 Å². The molecular weight excluding hydrogens is 398 g/mol. The van der Waals surface area contributed by atoms with Crippen LogP contribution in [0.15, 0.2) is 59.3 Å². The molecule has 2 aliphatic carbocycles. The number of aliphatic hydroxyl groups is 2. The molecule has 0 aromatic carbocycles. The highest BCUT2D eigenvalue weighted by molar-refractivity contribution is 7.13. The Hall–Kier alpha value is -1.47. The third kappa shape index (κ3) is 3.76. The SMILES string of the molecule is CC(CO)(CO)NC(c1ccc2scccc1-2)c1ccc2scccc1-2.Cl. The first kappa shape index (κ1) is 20.3. The highest BCUT2D eigenvalue weighted by Gasteiger charge is 2.31. The first-order chi connectivity index (χ1) is 12.6. The number of rotatable bonds is 6. The quantitative estimate of drug-likeness (QED) is 0.418. The number of hydrogen-bond acceptors (Lipinski definition) is 5.